The molecule has 1 aliphatic heterocycles. The van der Waals surface area contributed by atoms with Crippen LogP contribution in [0.5, 0.6) is 0 Å². The molecule has 0 aliphatic carbocycles. The summed E-state index contributed by atoms with van der Waals surface area (Å²) in [6, 6.07) is 7.42. The minimum Gasteiger partial charge on any atom is -0.383 e. The smallest absolute Gasteiger partial charge is 0.215 e. The highest BCUT2D eigenvalue weighted by atomic mass is 16.1. The largest absolute Gasteiger partial charge is 0.383 e. The summed E-state index contributed by atoms with van der Waals surface area (Å²) in [5.74, 6) is 2.17. The van der Waals surface area contributed by atoms with Crippen molar-refractivity contribution in [2.24, 2.45) is 18.9 Å². The Morgan fingerprint density at radius 1 is 1.29 bits per heavy atom. The van der Waals surface area contributed by atoms with Crippen LogP contribution in [0.4, 0.5) is 11.6 Å². The maximum atomic E-state index is 13.5. The Morgan fingerprint density at radius 3 is 2.84 bits per heavy atom. The third kappa shape index (κ3) is 4.60. The molecule has 1 atom stereocenters. The van der Waals surface area contributed by atoms with Crippen LogP contribution in [-0.4, -0.2) is 38.6 Å². The van der Waals surface area contributed by atoms with E-state index in [1.807, 2.05) is 25.4 Å². The van der Waals surface area contributed by atoms with Gasteiger partial charge < -0.3 is 10.6 Å². The normalized spacial score (nSPS) is 16.6. The van der Waals surface area contributed by atoms with Crippen molar-refractivity contribution in [2.45, 2.75) is 33.1 Å². The van der Waals surface area contributed by atoms with Gasteiger partial charge in [-0.2, -0.15) is 5.10 Å². The Hall–Kier alpha value is -3.22. The molecule has 0 amide bonds. The molecule has 4 heterocycles. The van der Waals surface area contributed by atoms with Gasteiger partial charge in [-0.05, 0) is 55.4 Å². The maximum Gasteiger partial charge on any atom is 0.215 e. The predicted molar refractivity (Wildman–Crippen MR) is 123 cm³/mol. The lowest BCUT2D eigenvalue weighted by atomic mass is 9.89. The summed E-state index contributed by atoms with van der Waals surface area (Å²) >= 11 is 0. The van der Waals surface area contributed by atoms with Gasteiger partial charge in [-0.1, -0.05) is 13.8 Å². The fourth-order valence-corrected chi connectivity index (χ4v) is 4.46. The Bertz CT molecular complexity index is 1070. The lowest BCUT2D eigenvalue weighted by Gasteiger charge is -2.34. The van der Waals surface area contributed by atoms with Gasteiger partial charge in [-0.15, -0.1) is 0 Å². The predicted octanol–water partition coefficient (Wildman–Crippen LogP) is 3.95. The zero-order valence-electron chi connectivity index (χ0n) is 18.5. The number of ketones is 1. The highest BCUT2D eigenvalue weighted by Gasteiger charge is 2.25. The van der Waals surface area contributed by atoms with E-state index < -0.39 is 0 Å². The quantitative estimate of drug-likeness (QED) is 0.610. The van der Waals surface area contributed by atoms with Gasteiger partial charge in [0.1, 0.15) is 17.3 Å². The van der Waals surface area contributed by atoms with Crippen LogP contribution in [0, 0.1) is 11.8 Å². The Morgan fingerprint density at radius 2 is 2.13 bits per heavy atom. The first-order valence-corrected chi connectivity index (χ1v) is 10.9. The maximum absolute atomic E-state index is 13.5. The third-order valence-electron chi connectivity index (χ3n) is 5.84. The molecule has 1 aliphatic rings. The highest BCUT2D eigenvalue weighted by molar-refractivity contribution is 6.13. The van der Waals surface area contributed by atoms with Crippen LogP contribution in [0.2, 0.25) is 0 Å². The van der Waals surface area contributed by atoms with Crippen molar-refractivity contribution in [2.75, 3.05) is 23.7 Å². The number of carbonyl (C=O) groups excluding carboxylic acids is 1. The molecular formula is C24H30N6O. The van der Waals surface area contributed by atoms with Crippen LogP contribution in [0.3, 0.4) is 0 Å². The molecule has 0 unspecified atom stereocenters. The summed E-state index contributed by atoms with van der Waals surface area (Å²) in [5.41, 5.74) is 8.37. The average molecular weight is 419 g/mol. The van der Waals surface area contributed by atoms with E-state index in [-0.39, 0.29) is 11.6 Å². The van der Waals surface area contributed by atoms with Gasteiger partial charge in [0.2, 0.25) is 5.78 Å². The second-order valence-electron chi connectivity index (χ2n) is 8.82. The monoisotopic (exact) mass is 418 g/mol. The van der Waals surface area contributed by atoms with Crippen molar-refractivity contribution in [1.29, 1.82) is 0 Å². The zero-order chi connectivity index (χ0) is 22.0. The van der Waals surface area contributed by atoms with Crippen LogP contribution < -0.4 is 10.6 Å². The number of aryl methyl sites for hydroxylation is 1. The summed E-state index contributed by atoms with van der Waals surface area (Å²) in [6.07, 6.45) is 8.82. The van der Waals surface area contributed by atoms with Crippen molar-refractivity contribution in [3.63, 3.8) is 0 Å². The fourth-order valence-electron chi connectivity index (χ4n) is 4.46. The van der Waals surface area contributed by atoms with E-state index >= 15 is 0 Å². The number of nitrogen functional groups attached to an aromatic ring is 1. The van der Waals surface area contributed by atoms with Crippen LogP contribution in [-0.2, 0) is 7.05 Å². The summed E-state index contributed by atoms with van der Waals surface area (Å²) in [4.78, 5) is 24.8. The second kappa shape index (κ2) is 8.88. The van der Waals surface area contributed by atoms with Crippen LogP contribution in [0.1, 0.15) is 49.2 Å². The lowest BCUT2D eigenvalue weighted by molar-refractivity contribution is 0.103. The molecule has 4 rings (SSSR count). The van der Waals surface area contributed by atoms with Crippen molar-refractivity contribution >= 4 is 17.4 Å². The summed E-state index contributed by atoms with van der Waals surface area (Å²) < 4.78 is 1.72. The Kier molecular flexibility index (Phi) is 6.02. The number of hydrogen-bond donors (Lipinski definition) is 1. The van der Waals surface area contributed by atoms with Crippen LogP contribution >= 0.6 is 0 Å². The molecule has 0 spiro atoms. The van der Waals surface area contributed by atoms with E-state index in [1.165, 1.54) is 12.8 Å². The van der Waals surface area contributed by atoms with Gasteiger partial charge in [-0.3, -0.25) is 9.48 Å². The van der Waals surface area contributed by atoms with Crippen molar-refractivity contribution in [3.8, 4) is 11.1 Å². The van der Waals surface area contributed by atoms with Gasteiger partial charge >= 0.3 is 0 Å². The number of aromatic nitrogens is 4. The summed E-state index contributed by atoms with van der Waals surface area (Å²) in [5, 5.41) is 4.26. The number of nitrogens with zero attached hydrogens (tertiary/aromatic N) is 5. The molecule has 1 saturated heterocycles. The molecule has 3 aromatic heterocycles. The minimum atomic E-state index is -0.220. The standard InChI is InChI=1S/C24H30N6O/c1-16(2)12-17-6-5-11-30(14-17)21-9-8-19(18-13-27-29(3)15-18)22(28-21)23(31)20-7-4-10-26-24(20)25/h4,7-10,13,15-17H,5-6,11-12,14H2,1-3H3,(H2,25,26)/t17-/m0/s1. The third-order valence-corrected chi connectivity index (χ3v) is 5.84. The van der Waals surface area contributed by atoms with Crippen LogP contribution in [0.25, 0.3) is 11.1 Å². The molecule has 1 fully saturated rings. The Labute approximate surface area is 183 Å². The molecule has 0 aromatic carbocycles. The number of rotatable bonds is 6. The first-order chi connectivity index (χ1) is 14.9. The Balaban J connectivity index is 1.73. The molecule has 162 valence electrons. The van der Waals surface area contributed by atoms with Gasteiger partial charge in [0.15, 0.2) is 0 Å². The van der Waals surface area contributed by atoms with E-state index in [1.54, 1.807) is 29.2 Å². The number of hydrogen-bond acceptors (Lipinski definition) is 6. The van der Waals surface area contributed by atoms with E-state index in [4.69, 9.17) is 10.7 Å². The zero-order valence-corrected chi connectivity index (χ0v) is 18.5. The van der Waals surface area contributed by atoms with Crippen molar-refractivity contribution in [3.05, 3.63) is 54.1 Å². The van der Waals surface area contributed by atoms with Gasteiger partial charge in [0, 0.05) is 43.7 Å². The molecule has 0 bridgehead atoms. The second-order valence-corrected chi connectivity index (χ2v) is 8.82. The van der Waals surface area contributed by atoms with Gasteiger partial charge in [0.25, 0.3) is 0 Å². The van der Waals surface area contributed by atoms with Crippen molar-refractivity contribution in [1.82, 2.24) is 19.7 Å². The van der Waals surface area contributed by atoms with E-state index in [2.05, 4.69) is 28.8 Å². The molecule has 7 nitrogen and oxygen atoms in total. The molecule has 7 heteroatoms. The molecule has 3 aromatic rings. The van der Waals surface area contributed by atoms with Gasteiger partial charge in [-0.25, -0.2) is 9.97 Å². The molecule has 2 N–H and O–H groups in total. The lowest BCUT2D eigenvalue weighted by Crippen LogP contribution is -2.36. The SMILES string of the molecule is CC(C)C[C@@H]1CCCN(c2ccc(-c3cnn(C)c3)c(C(=O)c3cccnc3N)n2)C1. The van der Waals surface area contributed by atoms with E-state index in [9.17, 15) is 4.79 Å². The number of pyridine rings is 2. The number of nitrogens with two attached hydrogens (primary N) is 1. The molecule has 31 heavy (non-hydrogen) atoms. The minimum absolute atomic E-state index is 0.215. The van der Waals surface area contributed by atoms with E-state index in [0.717, 1.165) is 36.5 Å². The highest BCUT2D eigenvalue weighted by Crippen LogP contribution is 2.31. The molecular weight excluding hydrogens is 388 g/mol. The van der Waals surface area contributed by atoms with Crippen molar-refractivity contribution < 1.29 is 4.79 Å². The first kappa shape index (κ1) is 21.0. The molecule has 0 saturated carbocycles. The molecule has 0 radical (unpaired) electrons. The van der Waals surface area contributed by atoms with E-state index in [0.29, 0.717) is 23.1 Å². The topological polar surface area (TPSA) is 89.9 Å². The van der Waals surface area contributed by atoms with Gasteiger partial charge in [0.05, 0.1) is 11.8 Å². The van der Waals surface area contributed by atoms with Crippen LogP contribution in [0.15, 0.2) is 42.9 Å². The fraction of sp³-hybridized carbons (Fsp3) is 0.417. The number of anilines is 2. The number of piperidine rings is 1. The average Bonchev–Trinajstić information content (AvgIpc) is 3.19. The number of carbonyl (C=O) groups is 1. The summed E-state index contributed by atoms with van der Waals surface area (Å²) in [7, 11) is 1.86. The summed E-state index contributed by atoms with van der Waals surface area (Å²) in [6.45, 7) is 6.47. The first-order valence-electron chi connectivity index (χ1n) is 10.9.